The Morgan fingerprint density at radius 1 is 0.763 bits per heavy atom. The first kappa shape index (κ1) is 23.8. The monoisotopic (exact) mass is 517 g/mol. The quantitative estimate of drug-likeness (QED) is 0.182. The first-order valence-electron chi connectivity index (χ1n) is 12.2. The summed E-state index contributed by atoms with van der Waals surface area (Å²) in [6.45, 7) is 1.84. The molecule has 3 aromatic heterocycles. The van der Waals surface area contributed by atoms with Crippen molar-refractivity contribution in [3.05, 3.63) is 137 Å². The molecule has 6 aromatic rings. The van der Waals surface area contributed by atoms with Gasteiger partial charge in [0.1, 0.15) is 22.2 Å². The van der Waals surface area contributed by atoms with Crippen LogP contribution in [0.5, 0.6) is 5.88 Å². The van der Waals surface area contributed by atoms with Crippen molar-refractivity contribution < 1.29 is 4.74 Å². The van der Waals surface area contributed by atoms with E-state index in [0.29, 0.717) is 28.2 Å². The van der Waals surface area contributed by atoms with Crippen molar-refractivity contribution in [2.75, 3.05) is 7.11 Å². The fourth-order valence-corrected chi connectivity index (χ4v) is 5.34. The molecule has 3 aromatic carbocycles. The van der Waals surface area contributed by atoms with E-state index in [2.05, 4.69) is 51.4 Å². The molecular weight excluding hydrogens is 494 g/mol. The highest BCUT2D eigenvalue weighted by molar-refractivity contribution is 6.30. The maximum atomic E-state index is 6.69. The fraction of sp³-hybridized carbons (Fsp3) is 0.0968. The van der Waals surface area contributed by atoms with E-state index in [1.165, 1.54) is 0 Å². The van der Waals surface area contributed by atoms with Crippen LogP contribution in [-0.4, -0.2) is 31.8 Å². The third-order valence-corrected chi connectivity index (χ3v) is 6.90. The van der Waals surface area contributed by atoms with Crippen LogP contribution in [0, 0.1) is 6.92 Å². The summed E-state index contributed by atoms with van der Waals surface area (Å²) in [5, 5.41) is 6.17. The van der Waals surface area contributed by atoms with E-state index in [1.807, 2.05) is 78.3 Å². The number of aryl methyl sites for hydroxylation is 1. The Balaban J connectivity index is 1.80. The van der Waals surface area contributed by atoms with Crippen molar-refractivity contribution in [1.82, 2.24) is 24.7 Å². The molecule has 38 heavy (non-hydrogen) atoms. The molecule has 0 aliphatic carbocycles. The lowest BCUT2D eigenvalue weighted by Crippen LogP contribution is -2.38. The van der Waals surface area contributed by atoms with Crippen molar-refractivity contribution in [3.63, 3.8) is 0 Å². The molecule has 0 fully saturated rings. The smallest absolute Gasteiger partial charge is 0.242 e. The molecule has 0 aliphatic heterocycles. The number of fused-ring (bicyclic) bond motifs is 1. The summed E-state index contributed by atoms with van der Waals surface area (Å²) in [5.74, 6) is 1.07. The first-order chi connectivity index (χ1) is 18.6. The van der Waals surface area contributed by atoms with E-state index in [9.17, 15) is 0 Å². The SMILES string of the molecule is COc1nn(C(c2ccccc2)(c2ccccc2)c2ccccc2)c2cc(Cl)nc(-c3ccnc(C)n3)c12. The van der Waals surface area contributed by atoms with Crippen molar-refractivity contribution in [2.24, 2.45) is 0 Å². The molecule has 0 saturated carbocycles. The number of nitrogens with zero attached hydrogens (tertiary/aromatic N) is 5. The van der Waals surface area contributed by atoms with Crippen LogP contribution in [0.25, 0.3) is 22.3 Å². The predicted molar refractivity (Wildman–Crippen MR) is 149 cm³/mol. The van der Waals surface area contributed by atoms with Crippen LogP contribution in [0.4, 0.5) is 0 Å². The largest absolute Gasteiger partial charge is 0.479 e. The van der Waals surface area contributed by atoms with E-state index in [4.69, 9.17) is 21.4 Å². The van der Waals surface area contributed by atoms with Gasteiger partial charge in [0.2, 0.25) is 5.88 Å². The molecule has 7 heteroatoms. The molecule has 0 unspecified atom stereocenters. The molecule has 6 rings (SSSR count). The summed E-state index contributed by atoms with van der Waals surface area (Å²) < 4.78 is 7.89. The average molecular weight is 518 g/mol. The number of hydrogen-bond donors (Lipinski definition) is 0. The minimum absolute atomic E-state index is 0.329. The maximum Gasteiger partial charge on any atom is 0.242 e. The number of rotatable bonds is 6. The zero-order valence-electron chi connectivity index (χ0n) is 20.9. The van der Waals surface area contributed by atoms with Gasteiger partial charge in [-0.05, 0) is 29.7 Å². The van der Waals surface area contributed by atoms with Crippen molar-refractivity contribution in [2.45, 2.75) is 12.5 Å². The molecule has 6 nitrogen and oxygen atoms in total. The molecular formula is C31H24ClN5O. The Morgan fingerprint density at radius 3 is 1.82 bits per heavy atom. The van der Waals surface area contributed by atoms with Crippen LogP contribution in [0.15, 0.2) is 109 Å². The molecule has 3 heterocycles. The van der Waals surface area contributed by atoms with E-state index < -0.39 is 5.54 Å². The van der Waals surface area contributed by atoms with Crippen molar-refractivity contribution in [3.8, 4) is 17.3 Å². The third kappa shape index (κ3) is 3.81. The van der Waals surface area contributed by atoms with Gasteiger partial charge in [-0.25, -0.2) is 19.6 Å². The van der Waals surface area contributed by atoms with E-state index in [-0.39, 0.29) is 0 Å². The Hall–Kier alpha value is -4.55. The summed E-state index contributed by atoms with van der Waals surface area (Å²) in [4.78, 5) is 13.6. The lowest BCUT2D eigenvalue weighted by Gasteiger charge is -2.36. The lowest BCUT2D eigenvalue weighted by molar-refractivity contribution is 0.378. The van der Waals surface area contributed by atoms with Gasteiger partial charge in [0.15, 0.2) is 0 Å². The van der Waals surface area contributed by atoms with Crippen LogP contribution in [0.3, 0.4) is 0 Å². The molecule has 186 valence electrons. The second-order valence-electron chi connectivity index (χ2n) is 8.91. The molecule has 0 bridgehead atoms. The Labute approximate surface area is 225 Å². The summed E-state index contributed by atoms with van der Waals surface area (Å²) in [6.07, 6.45) is 1.71. The highest BCUT2D eigenvalue weighted by Crippen LogP contribution is 2.45. The normalized spacial score (nSPS) is 11.6. The molecule has 0 spiro atoms. The second-order valence-corrected chi connectivity index (χ2v) is 9.29. The van der Waals surface area contributed by atoms with Crippen LogP contribution >= 0.6 is 11.6 Å². The predicted octanol–water partition coefficient (Wildman–Crippen LogP) is 6.70. The first-order valence-corrected chi connectivity index (χ1v) is 12.6. The fourth-order valence-electron chi connectivity index (χ4n) is 5.15. The van der Waals surface area contributed by atoms with Gasteiger partial charge in [0, 0.05) is 12.3 Å². The Kier molecular flexibility index (Phi) is 6.10. The zero-order valence-corrected chi connectivity index (χ0v) is 21.7. The average Bonchev–Trinajstić information content (AvgIpc) is 3.33. The minimum Gasteiger partial charge on any atom is -0.479 e. The molecule has 0 aliphatic rings. The van der Waals surface area contributed by atoms with Gasteiger partial charge in [0.05, 0.1) is 23.7 Å². The minimum atomic E-state index is -0.845. The van der Waals surface area contributed by atoms with Gasteiger partial charge in [-0.15, -0.1) is 5.10 Å². The number of methoxy groups -OCH3 is 1. The number of ether oxygens (including phenoxy) is 1. The van der Waals surface area contributed by atoms with E-state index in [1.54, 1.807) is 13.3 Å². The van der Waals surface area contributed by atoms with Gasteiger partial charge in [-0.3, -0.25) is 0 Å². The summed E-state index contributed by atoms with van der Waals surface area (Å²) >= 11 is 6.69. The highest BCUT2D eigenvalue weighted by Gasteiger charge is 2.41. The third-order valence-electron chi connectivity index (χ3n) is 6.70. The number of hydrogen-bond acceptors (Lipinski definition) is 5. The van der Waals surface area contributed by atoms with Gasteiger partial charge in [-0.2, -0.15) is 0 Å². The van der Waals surface area contributed by atoms with Gasteiger partial charge >= 0.3 is 0 Å². The summed E-state index contributed by atoms with van der Waals surface area (Å²) in [6, 6.07) is 34.7. The van der Waals surface area contributed by atoms with Crippen molar-refractivity contribution in [1.29, 1.82) is 0 Å². The van der Waals surface area contributed by atoms with Crippen LogP contribution < -0.4 is 4.74 Å². The zero-order chi connectivity index (χ0) is 26.1. The topological polar surface area (TPSA) is 65.7 Å². The van der Waals surface area contributed by atoms with E-state index >= 15 is 0 Å². The highest BCUT2D eigenvalue weighted by atomic mass is 35.5. The van der Waals surface area contributed by atoms with Crippen LogP contribution in [0.1, 0.15) is 22.5 Å². The Bertz CT molecular complexity index is 1620. The van der Waals surface area contributed by atoms with Gasteiger partial charge in [-0.1, -0.05) is 103 Å². The number of pyridine rings is 1. The van der Waals surface area contributed by atoms with Crippen LogP contribution in [-0.2, 0) is 5.54 Å². The second kappa shape index (κ2) is 9.72. The molecule has 0 atom stereocenters. The number of aromatic nitrogens is 5. The summed E-state index contributed by atoms with van der Waals surface area (Å²) in [5.41, 5.74) is 4.27. The Morgan fingerprint density at radius 2 is 1.32 bits per heavy atom. The maximum absolute atomic E-state index is 6.69. The standard InChI is InChI=1S/C31H24ClN5O/c1-21-33-19-18-25(34-21)29-28-26(20-27(32)35-29)37(36-30(28)38-2)31(22-12-6-3-7-13-22,23-14-8-4-9-15-23)24-16-10-5-11-17-24/h3-20H,1-2H3. The molecule has 0 N–H and O–H groups in total. The van der Waals surface area contributed by atoms with Crippen LogP contribution in [0.2, 0.25) is 5.15 Å². The van der Waals surface area contributed by atoms with E-state index in [0.717, 1.165) is 27.6 Å². The number of halogens is 1. The van der Waals surface area contributed by atoms with Gasteiger partial charge in [0.25, 0.3) is 0 Å². The lowest BCUT2D eigenvalue weighted by atomic mass is 9.77. The van der Waals surface area contributed by atoms with Gasteiger partial charge < -0.3 is 4.74 Å². The number of benzene rings is 3. The summed E-state index contributed by atoms with van der Waals surface area (Å²) in [7, 11) is 1.62. The molecule has 0 saturated heterocycles. The molecule has 0 radical (unpaired) electrons. The van der Waals surface area contributed by atoms with Crippen molar-refractivity contribution >= 4 is 22.5 Å². The molecule has 0 amide bonds.